The normalized spacial score (nSPS) is 19.6. The van der Waals surface area contributed by atoms with Crippen molar-refractivity contribution >= 4 is 12.6 Å². The predicted octanol–water partition coefficient (Wildman–Crippen LogP) is 2.61. The van der Waals surface area contributed by atoms with Crippen LogP contribution in [-0.2, 0) is 15.5 Å². The Morgan fingerprint density at radius 1 is 1.16 bits per heavy atom. The maximum atomic E-state index is 13.0. The Balaban J connectivity index is 2.30. The zero-order valence-electron chi connectivity index (χ0n) is 10.6. The van der Waals surface area contributed by atoms with Crippen LogP contribution in [0, 0.1) is 11.2 Å². The third kappa shape index (κ3) is 3.28. The standard InChI is InChI=1S/C12H13BF4O2/c1-11(2)6-18-13(19-7-11)10-4-3-8(14)5-9(10)12(15,16)17/h3-5H,6-7H2,1-2H3. The molecule has 1 aromatic carbocycles. The monoisotopic (exact) mass is 276 g/mol. The average molecular weight is 276 g/mol. The van der Waals surface area contributed by atoms with E-state index in [4.69, 9.17) is 9.31 Å². The van der Waals surface area contributed by atoms with Crippen LogP contribution in [0.1, 0.15) is 19.4 Å². The second-order valence-corrected chi connectivity index (χ2v) is 5.35. The van der Waals surface area contributed by atoms with Gasteiger partial charge in [0.15, 0.2) is 0 Å². The summed E-state index contributed by atoms with van der Waals surface area (Å²) >= 11 is 0. The molecule has 1 aromatic rings. The Hall–Kier alpha value is -1.08. The molecule has 104 valence electrons. The van der Waals surface area contributed by atoms with Crippen LogP contribution >= 0.6 is 0 Å². The maximum absolute atomic E-state index is 13.0. The van der Waals surface area contributed by atoms with E-state index >= 15 is 0 Å². The van der Waals surface area contributed by atoms with Gasteiger partial charge in [0.1, 0.15) is 5.82 Å². The summed E-state index contributed by atoms with van der Waals surface area (Å²) in [6, 6.07) is 2.49. The lowest BCUT2D eigenvalue weighted by Crippen LogP contribution is -2.49. The minimum absolute atomic E-state index is 0.190. The molecule has 2 nitrogen and oxygen atoms in total. The van der Waals surface area contributed by atoms with E-state index in [0.717, 1.165) is 12.1 Å². The first kappa shape index (κ1) is 14.3. The van der Waals surface area contributed by atoms with Gasteiger partial charge in [0.25, 0.3) is 0 Å². The SMILES string of the molecule is CC1(C)COB(c2ccc(F)cc2C(F)(F)F)OC1. The number of halogens is 4. The highest BCUT2D eigenvalue weighted by Crippen LogP contribution is 2.30. The highest BCUT2D eigenvalue weighted by Gasteiger charge is 2.41. The molecule has 0 spiro atoms. The van der Waals surface area contributed by atoms with Crippen molar-refractivity contribution in [1.82, 2.24) is 0 Å². The molecule has 0 radical (unpaired) electrons. The summed E-state index contributed by atoms with van der Waals surface area (Å²) in [6.45, 7) is 4.34. The number of hydrogen-bond acceptors (Lipinski definition) is 2. The predicted molar refractivity (Wildman–Crippen MR) is 62.5 cm³/mol. The van der Waals surface area contributed by atoms with Gasteiger partial charge in [0, 0.05) is 18.6 Å². The molecule has 1 fully saturated rings. The van der Waals surface area contributed by atoms with Gasteiger partial charge in [-0.3, -0.25) is 0 Å². The molecule has 2 rings (SSSR count). The molecule has 19 heavy (non-hydrogen) atoms. The number of hydrogen-bond donors (Lipinski definition) is 0. The molecule has 0 aromatic heterocycles. The summed E-state index contributed by atoms with van der Waals surface area (Å²) in [6.07, 6.45) is -4.64. The molecule has 0 aliphatic carbocycles. The fourth-order valence-electron chi connectivity index (χ4n) is 1.85. The van der Waals surface area contributed by atoms with E-state index in [1.807, 2.05) is 13.8 Å². The molecule has 1 aliphatic heterocycles. The molecule has 7 heteroatoms. The molecule has 0 atom stereocenters. The van der Waals surface area contributed by atoms with E-state index in [0.29, 0.717) is 6.07 Å². The van der Waals surface area contributed by atoms with E-state index < -0.39 is 24.7 Å². The van der Waals surface area contributed by atoms with Crippen LogP contribution in [0.15, 0.2) is 18.2 Å². The lowest BCUT2D eigenvalue weighted by Gasteiger charge is -2.33. The smallest absolute Gasteiger partial charge is 0.407 e. The van der Waals surface area contributed by atoms with Crippen molar-refractivity contribution < 1.29 is 26.9 Å². The summed E-state index contributed by atoms with van der Waals surface area (Å²) in [4.78, 5) is 0. The van der Waals surface area contributed by atoms with Gasteiger partial charge in [0.2, 0.25) is 0 Å². The Morgan fingerprint density at radius 3 is 2.26 bits per heavy atom. The first-order valence-corrected chi connectivity index (χ1v) is 5.79. The van der Waals surface area contributed by atoms with Crippen molar-refractivity contribution in [3.63, 3.8) is 0 Å². The van der Waals surface area contributed by atoms with Crippen molar-refractivity contribution in [2.24, 2.45) is 5.41 Å². The van der Waals surface area contributed by atoms with Gasteiger partial charge in [0.05, 0.1) is 5.56 Å². The molecule has 0 unspecified atom stereocenters. The highest BCUT2D eigenvalue weighted by molar-refractivity contribution is 6.62. The summed E-state index contributed by atoms with van der Waals surface area (Å²) in [5, 5.41) is 0. The van der Waals surface area contributed by atoms with Gasteiger partial charge >= 0.3 is 13.3 Å². The summed E-state index contributed by atoms with van der Waals surface area (Å²) in [5.74, 6) is -0.938. The number of benzene rings is 1. The number of alkyl halides is 3. The summed E-state index contributed by atoms with van der Waals surface area (Å²) in [7, 11) is -1.11. The molecule has 0 bridgehead atoms. The minimum atomic E-state index is -4.64. The molecular formula is C12H13BF4O2. The van der Waals surface area contributed by atoms with Crippen molar-refractivity contribution in [3.05, 3.63) is 29.6 Å². The van der Waals surface area contributed by atoms with Crippen LogP contribution in [0.4, 0.5) is 17.6 Å². The van der Waals surface area contributed by atoms with Crippen molar-refractivity contribution in [2.45, 2.75) is 20.0 Å². The highest BCUT2D eigenvalue weighted by atomic mass is 19.4. The van der Waals surface area contributed by atoms with E-state index in [9.17, 15) is 17.6 Å². The van der Waals surface area contributed by atoms with E-state index in [1.54, 1.807) is 0 Å². The van der Waals surface area contributed by atoms with Crippen LogP contribution in [0.25, 0.3) is 0 Å². The first-order valence-electron chi connectivity index (χ1n) is 5.79. The summed E-state index contributed by atoms with van der Waals surface area (Å²) < 4.78 is 62.2. The minimum Gasteiger partial charge on any atom is -0.407 e. The first-order chi connectivity index (χ1) is 8.69. The van der Waals surface area contributed by atoms with Crippen LogP contribution in [0.2, 0.25) is 0 Å². The lowest BCUT2D eigenvalue weighted by molar-refractivity contribution is -0.137. The zero-order valence-corrected chi connectivity index (χ0v) is 10.6. The molecule has 0 amide bonds. The van der Waals surface area contributed by atoms with Gasteiger partial charge in [-0.05, 0) is 17.6 Å². The molecule has 0 N–H and O–H groups in total. The third-order valence-corrected chi connectivity index (χ3v) is 2.83. The lowest BCUT2D eigenvalue weighted by atomic mass is 9.73. The Morgan fingerprint density at radius 2 is 1.74 bits per heavy atom. The zero-order chi connectivity index (χ0) is 14.3. The maximum Gasteiger partial charge on any atom is 0.494 e. The Kier molecular flexibility index (Phi) is 3.62. The van der Waals surface area contributed by atoms with Crippen LogP contribution < -0.4 is 5.46 Å². The van der Waals surface area contributed by atoms with E-state index in [-0.39, 0.29) is 24.1 Å². The molecule has 1 aliphatic rings. The van der Waals surface area contributed by atoms with Gasteiger partial charge < -0.3 is 9.31 Å². The fourth-order valence-corrected chi connectivity index (χ4v) is 1.85. The van der Waals surface area contributed by atoms with Gasteiger partial charge in [-0.25, -0.2) is 4.39 Å². The van der Waals surface area contributed by atoms with Gasteiger partial charge in [-0.15, -0.1) is 0 Å². The summed E-state index contributed by atoms with van der Waals surface area (Å²) in [5.41, 5.74) is -1.49. The van der Waals surface area contributed by atoms with Gasteiger partial charge in [-0.1, -0.05) is 19.9 Å². The molecule has 0 saturated carbocycles. The van der Waals surface area contributed by atoms with Crippen molar-refractivity contribution in [1.29, 1.82) is 0 Å². The van der Waals surface area contributed by atoms with E-state index in [1.165, 1.54) is 0 Å². The van der Waals surface area contributed by atoms with Crippen LogP contribution in [-0.4, -0.2) is 20.3 Å². The van der Waals surface area contributed by atoms with Crippen molar-refractivity contribution in [2.75, 3.05) is 13.2 Å². The number of rotatable bonds is 1. The second-order valence-electron chi connectivity index (χ2n) is 5.35. The van der Waals surface area contributed by atoms with E-state index in [2.05, 4.69) is 0 Å². The van der Waals surface area contributed by atoms with Crippen molar-refractivity contribution in [3.8, 4) is 0 Å². The quantitative estimate of drug-likeness (QED) is 0.580. The molecular weight excluding hydrogens is 263 g/mol. The Labute approximate surface area is 108 Å². The largest absolute Gasteiger partial charge is 0.494 e. The molecule has 1 saturated heterocycles. The molecule has 1 heterocycles. The third-order valence-electron chi connectivity index (χ3n) is 2.83. The van der Waals surface area contributed by atoms with Crippen LogP contribution in [0.5, 0.6) is 0 Å². The second kappa shape index (κ2) is 4.79. The fraction of sp³-hybridized carbons (Fsp3) is 0.500. The van der Waals surface area contributed by atoms with Gasteiger partial charge in [-0.2, -0.15) is 13.2 Å². The Bertz CT molecular complexity index is 463. The topological polar surface area (TPSA) is 18.5 Å². The average Bonchev–Trinajstić information content (AvgIpc) is 2.28. The van der Waals surface area contributed by atoms with Crippen LogP contribution in [0.3, 0.4) is 0 Å².